The predicted octanol–water partition coefficient (Wildman–Crippen LogP) is -0.882. The zero-order valence-electron chi connectivity index (χ0n) is 8.54. The van der Waals surface area contributed by atoms with Crippen LogP contribution in [0.15, 0.2) is 36.7 Å². The molecule has 2 nitrogen and oxygen atoms in total. The summed E-state index contributed by atoms with van der Waals surface area (Å²) in [5, 5.41) is 0. The van der Waals surface area contributed by atoms with Gasteiger partial charge in [-0.05, 0) is 41.2 Å². The van der Waals surface area contributed by atoms with Crippen molar-refractivity contribution in [2.75, 3.05) is 0 Å². The molecule has 4 heteroatoms. The van der Waals surface area contributed by atoms with Gasteiger partial charge in [-0.3, -0.25) is 4.79 Å². The van der Waals surface area contributed by atoms with Crippen LogP contribution >= 0.6 is 22.6 Å². The molecular weight excluding hydrogens is 324 g/mol. The monoisotopic (exact) mass is 337 g/mol. The Hall–Kier alpha value is -0.420. The van der Waals surface area contributed by atoms with Crippen molar-refractivity contribution in [3.8, 4) is 0 Å². The maximum absolute atomic E-state index is 11.3. The molecule has 0 fully saturated rings. The van der Waals surface area contributed by atoms with E-state index in [1.807, 2.05) is 29.1 Å². The van der Waals surface area contributed by atoms with E-state index in [-0.39, 0.29) is 18.2 Å². The lowest BCUT2D eigenvalue weighted by molar-refractivity contribution is -0.696. The number of allylic oxidation sites excluding steroid dienone is 1. The summed E-state index contributed by atoms with van der Waals surface area (Å²) in [6.07, 6.45) is 4.51. The lowest BCUT2D eigenvalue weighted by Crippen LogP contribution is -3.00. The van der Waals surface area contributed by atoms with Crippen LogP contribution in [0.1, 0.15) is 13.3 Å². The zero-order chi connectivity index (χ0) is 10.6. The molecule has 1 aromatic rings. The summed E-state index contributed by atoms with van der Waals surface area (Å²) in [7, 11) is 0. The van der Waals surface area contributed by atoms with Gasteiger partial charge >= 0.3 is 0 Å². The molecule has 0 aliphatic rings. The first-order chi connectivity index (χ1) is 6.59. The van der Waals surface area contributed by atoms with Gasteiger partial charge in [0.1, 0.15) is 0 Å². The van der Waals surface area contributed by atoms with E-state index in [1.54, 1.807) is 6.92 Å². The Morgan fingerprint density at radius 3 is 2.80 bits per heavy atom. The van der Waals surface area contributed by atoms with E-state index in [4.69, 9.17) is 0 Å². The number of ketones is 1. The quantitative estimate of drug-likeness (QED) is 0.397. The fourth-order valence-corrected chi connectivity index (χ4v) is 1.64. The van der Waals surface area contributed by atoms with Crippen molar-refractivity contribution < 1.29 is 21.8 Å². The Labute approximate surface area is 110 Å². The Morgan fingerprint density at radius 2 is 2.27 bits per heavy atom. The second kappa shape index (κ2) is 6.95. The van der Waals surface area contributed by atoms with Crippen LogP contribution in [0.5, 0.6) is 0 Å². The van der Waals surface area contributed by atoms with Gasteiger partial charge in [0.2, 0.25) is 0 Å². The first-order valence-electron chi connectivity index (χ1n) is 4.43. The molecule has 1 heterocycles. The summed E-state index contributed by atoms with van der Waals surface area (Å²) < 4.78 is 3.19. The molecule has 0 spiro atoms. The molecule has 0 unspecified atom stereocenters. The van der Waals surface area contributed by atoms with Gasteiger partial charge < -0.3 is 12.4 Å². The summed E-state index contributed by atoms with van der Waals surface area (Å²) in [6.45, 7) is 6.10. The van der Waals surface area contributed by atoms with E-state index < -0.39 is 0 Å². The smallest absolute Gasteiger partial charge is 0.182 e. The molecule has 0 bridgehead atoms. The van der Waals surface area contributed by atoms with Gasteiger partial charge in [-0.2, -0.15) is 0 Å². The van der Waals surface area contributed by atoms with Gasteiger partial charge in [0, 0.05) is 6.07 Å². The zero-order valence-corrected chi connectivity index (χ0v) is 11.5. The Balaban J connectivity index is 0.00000196. The minimum Gasteiger partial charge on any atom is -1.00 e. The van der Waals surface area contributed by atoms with Crippen molar-refractivity contribution in [2.45, 2.75) is 19.9 Å². The summed E-state index contributed by atoms with van der Waals surface area (Å²) in [5.41, 5.74) is 0.635. The average molecular weight is 338 g/mol. The van der Waals surface area contributed by atoms with E-state index in [2.05, 4.69) is 29.2 Å². The van der Waals surface area contributed by atoms with Crippen LogP contribution in [0.25, 0.3) is 0 Å². The fraction of sp³-hybridized carbons (Fsp3) is 0.273. The number of halogens is 2. The molecule has 15 heavy (non-hydrogen) atoms. The van der Waals surface area contributed by atoms with Crippen LogP contribution in [0, 0.1) is 3.57 Å². The van der Waals surface area contributed by atoms with Crippen molar-refractivity contribution in [3.05, 3.63) is 40.2 Å². The third kappa shape index (κ3) is 5.28. The van der Waals surface area contributed by atoms with Crippen molar-refractivity contribution >= 4 is 28.4 Å². The number of pyridine rings is 1. The Kier molecular flexibility index (Phi) is 6.76. The van der Waals surface area contributed by atoms with Gasteiger partial charge in [0.25, 0.3) is 0 Å². The Bertz CT molecular complexity index is 365. The molecule has 1 rings (SSSR count). The molecule has 0 saturated heterocycles. The summed E-state index contributed by atoms with van der Waals surface area (Å²) >= 11 is 2.25. The number of Topliss-reactive ketones (excluding diaryl/α,β-unsaturated/α-hetero) is 1. The third-order valence-corrected chi connectivity index (χ3v) is 2.53. The van der Waals surface area contributed by atoms with Crippen LogP contribution in [-0.2, 0) is 11.3 Å². The molecule has 0 aromatic carbocycles. The lowest BCUT2D eigenvalue weighted by atomic mass is 10.1. The molecule has 1 aromatic heterocycles. The van der Waals surface area contributed by atoms with E-state index in [1.165, 1.54) is 3.57 Å². The minimum atomic E-state index is 0. The van der Waals surface area contributed by atoms with Gasteiger partial charge in [-0.15, -0.1) is 0 Å². The van der Waals surface area contributed by atoms with Crippen LogP contribution in [-0.4, -0.2) is 5.78 Å². The largest absolute Gasteiger partial charge is 1.00 e. The highest BCUT2D eigenvalue weighted by Gasteiger charge is 2.06. The molecule has 0 saturated carbocycles. The fourth-order valence-electron chi connectivity index (χ4n) is 1.07. The van der Waals surface area contributed by atoms with Crippen LogP contribution in [0.4, 0.5) is 0 Å². The van der Waals surface area contributed by atoms with Crippen molar-refractivity contribution in [1.29, 1.82) is 0 Å². The summed E-state index contributed by atoms with van der Waals surface area (Å²) in [6, 6.07) is 4.00. The second-order valence-electron chi connectivity index (χ2n) is 3.21. The molecule has 0 radical (unpaired) electrons. The van der Waals surface area contributed by atoms with E-state index >= 15 is 0 Å². The molecular formula is C11H13ClINO. The summed E-state index contributed by atoms with van der Waals surface area (Å²) in [5.74, 6) is 0.136. The molecule has 0 N–H and O–H groups in total. The normalized spacial score (nSPS) is 9.20. The van der Waals surface area contributed by atoms with Crippen molar-refractivity contribution in [3.63, 3.8) is 0 Å². The number of carbonyl (C=O) groups excluding carboxylic acids is 1. The van der Waals surface area contributed by atoms with Crippen molar-refractivity contribution in [1.82, 2.24) is 0 Å². The number of aryl methyl sites for hydroxylation is 1. The van der Waals surface area contributed by atoms with Crippen molar-refractivity contribution in [2.24, 2.45) is 0 Å². The maximum Gasteiger partial charge on any atom is 0.182 e. The number of hydrogen-bond acceptors (Lipinski definition) is 1. The highest BCUT2D eigenvalue weighted by Crippen LogP contribution is 1.99. The van der Waals surface area contributed by atoms with Gasteiger partial charge in [-0.1, -0.05) is 6.58 Å². The number of carbonyl (C=O) groups is 1. The number of rotatable bonds is 4. The molecule has 82 valence electrons. The van der Waals surface area contributed by atoms with E-state index in [0.29, 0.717) is 12.0 Å². The van der Waals surface area contributed by atoms with E-state index in [9.17, 15) is 4.79 Å². The number of hydrogen-bond donors (Lipinski definition) is 0. The van der Waals surface area contributed by atoms with Crippen LogP contribution < -0.4 is 17.0 Å². The molecule has 0 atom stereocenters. The van der Waals surface area contributed by atoms with Gasteiger partial charge in [0.15, 0.2) is 24.7 Å². The third-order valence-electron chi connectivity index (χ3n) is 1.90. The average Bonchev–Trinajstić information content (AvgIpc) is 2.14. The predicted molar refractivity (Wildman–Crippen MR) is 63.8 cm³/mol. The number of nitrogens with zero attached hydrogens (tertiary/aromatic N) is 1. The molecule has 0 amide bonds. The van der Waals surface area contributed by atoms with Crippen LogP contribution in [0.3, 0.4) is 0 Å². The molecule has 0 aliphatic carbocycles. The van der Waals surface area contributed by atoms with Crippen LogP contribution in [0.2, 0.25) is 0 Å². The lowest BCUT2D eigenvalue weighted by Gasteiger charge is -1.97. The van der Waals surface area contributed by atoms with Gasteiger partial charge in [-0.25, -0.2) is 4.57 Å². The SMILES string of the molecule is C=C(C)C(=O)CC[n+]1cccc(I)c1.[Cl-]. The molecule has 0 aliphatic heterocycles. The first-order valence-corrected chi connectivity index (χ1v) is 5.51. The van der Waals surface area contributed by atoms with E-state index in [0.717, 1.165) is 6.54 Å². The van der Waals surface area contributed by atoms with Gasteiger partial charge in [0.05, 0.1) is 9.99 Å². The second-order valence-corrected chi connectivity index (χ2v) is 4.46. The summed E-state index contributed by atoms with van der Waals surface area (Å²) in [4.78, 5) is 11.3. The highest BCUT2D eigenvalue weighted by molar-refractivity contribution is 14.1. The standard InChI is InChI=1S/C11H13INO.ClH/c1-9(2)11(14)5-7-13-6-3-4-10(12)8-13;/h3-4,6,8H,1,5,7H2,2H3;1H/q+1;/p-1. The highest BCUT2D eigenvalue weighted by atomic mass is 127. The Morgan fingerprint density at radius 1 is 1.60 bits per heavy atom. The minimum absolute atomic E-state index is 0. The maximum atomic E-state index is 11.3. The number of aromatic nitrogens is 1. The topological polar surface area (TPSA) is 20.9 Å². The first kappa shape index (κ1) is 14.6.